The lowest BCUT2D eigenvalue weighted by Gasteiger charge is -2.00. The first kappa shape index (κ1) is 11.2. The molecule has 0 atom stereocenters. The average molecular weight is 258 g/mol. The van der Waals surface area contributed by atoms with Gasteiger partial charge in [-0.05, 0) is 30.2 Å². The molecule has 0 fully saturated rings. The van der Waals surface area contributed by atoms with Crippen LogP contribution in [0.5, 0.6) is 0 Å². The molecule has 0 saturated carbocycles. The van der Waals surface area contributed by atoms with Crippen LogP contribution in [0.2, 0.25) is 5.02 Å². The fourth-order valence-electron chi connectivity index (χ4n) is 1.93. The summed E-state index contributed by atoms with van der Waals surface area (Å²) in [5.74, 6) is 0.848. The van der Waals surface area contributed by atoms with Crippen molar-refractivity contribution < 1.29 is 0 Å². The Morgan fingerprint density at radius 3 is 2.67 bits per heavy atom. The van der Waals surface area contributed by atoms with Gasteiger partial charge in [-0.25, -0.2) is 9.50 Å². The van der Waals surface area contributed by atoms with Crippen LogP contribution >= 0.6 is 11.6 Å². The lowest BCUT2D eigenvalue weighted by Crippen LogP contribution is -1.95. The highest BCUT2D eigenvalue weighted by Crippen LogP contribution is 2.16. The fraction of sp³-hybridized carbons (Fsp3) is 0.143. The summed E-state index contributed by atoms with van der Waals surface area (Å²) in [6.45, 7) is 0. The largest absolute Gasteiger partial charge is 0.221 e. The van der Waals surface area contributed by atoms with E-state index in [-0.39, 0.29) is 0 Å². The molecular weight excluding hydrogens is 246 g/mol. The highest BCUT2D eigenvalue weighted by Gasteiger charge is 2.05. The summed E-state index contributed by atoms with van der Waals surface area (Å²) in [7, 11) is 0. The normalized spacial score (nSPS) is 10.9. The molecule has 0 amide bonds. The number of rotatable bonds is 3. The van der Waals surface area contributed by atoms with Gasteiger partial charge in [0, 0.05) is 17.6 Å². The monoisotopic (exact) mass is 257 g/mol. The van der Waals surface area contributed by atoms with Gasteiger partial charge in [-0.2, -0.15) is 5.10 Å². The van der Waals surface area contributed by atoms with E-state index >= 15 is 0 Å². The van der Waals surface area contributed by atoms with Gasteiger partial charge in [0.1, 0.15) is 0 Å². The summed E-state index contributed by atoms with van der Waals surface area (Å²) in [6.07, 6.45) is 3.56. The number of aromatic nitrogens is 3. The molecule has 18 heavy (non-hydrogen) atoms. The molecule has 0 aliphatic rings. The van der Waals surface area contributed by atoms with Crippen molar-refractivity contribution in [3.8, 4) is 0 Å². The van der Waals surface area contributed by atoms with Gasteiger partial charge in [-0.3, -0.25) is 0 Å². The van der Waals surface area contributed by atoms with Crippen molar-refractivity contribution in [2.45, 2.75) is 12.8 Å². The Hall–Kier alpha value is -1.87. The van der Waals surface area contributed by atoms with Gasteiger partial charge in [0.15, 0.2) is 11.5 Å². The van der Waals surface area contributed by atoms with Gasteiger partial charge < -0.3 is 0 Å². The average Bonchev–Trinajstić information content (AvgIpc) is 2.80. The van der Waals surface area contributed by atoms with Crippen LogP contribution in [0.4, 0.5) is 0 Å². The number of hydrogen-bond donors (Lipinski definition) is 0. The van der Waals surface area contributed by atoms with Crippen molar-refractivity contribution in [2.75, 3.05) is 0 Å². The molecule has 0 bridgehead atoms. The molecule has 2 aromatic heterocycles. The van der Waals surface area contributed by atoms with Gasteiger partial charge in [0.25, 0.3) is 0 Å². The second kappa shape index (κ2) is 4.78. The van der Waals surface area contributed by atoms with Crippen molar-refractivity contribution >= 4 is 17.2 Å². The van der Waals surface area contributed by atoms with Crippen molar-refractivity contribution in [1.82, 2.24) is 14.6 Å². The van der Waals surface area contributed by atoms with Crippen LogP contribution in [0.25, 0.3) is 5.65 Å². The highest BCUT2D eigenvalue weighted by atomic mass is 35.5. The summed E-state index contributed by atoms with van der Waals surface area (Å²) in [6, 6.07) is 13.7. The number of nitrogens with zero attached hydrogens (tertiary/aromatic N) is 3. The molecule has 3 rings (SSSR count). The SMILES string of the molecule is Clc1ccccc1CCc1nc2ccccn2n1. The van der Waals surface area contributed by atoms with E-state index < -0.39 is 0 Å². The van der Waals surface area contributed by atoms with Gasteiger partial charge in [-0.1, -0.05) is 35.9 Å². The van der Waals surface area contributed by atoms with Crippen molar-refractivity contribution in [1.29, 1.82) is 0 Å². The fourth-order valence-corrected chi connectivity index (χ4v) is 2.16. The number of pyridine rings is 1. The zero-order valence-electron chi connectivity index (χ0n) is 9.75. The molecule has 0 unspecified atom stereocenters. The lowest BCUT2D eigenvalue weighted by atomic mass is 10.1. The van der Waals surface area contributed by atoms with E-state index in [1.54, 1.807) is 4.52 Å². The number of benzene rings is 1. The first-order valence-corrected chi connectivity index (χ1v) is 6.24. The van der Waals surface area contributed by atoms with E-state index in [1.165, 1.54) is 0 Å². The molecule has 1 aromatic carbocycles. The van der Waals surface area contributed by atoms with Gasteiger partial charge in [0.05, 0.1) is 0 Å². The van der Waals surface area contributed by atoms with Crippen molar-refractivity contribution in [2.24, 2.45) is 0 Å². The van der Waals surface area contributed by atoms with Crippen LogP contribution in [0.3, 0.4) is 0 Å². The van der Waals surface area contributed by atoms with Crippen LogP contribution in [0.1, 0.15) is 11.4 Å². The first-order valence-electron chi connectivity index (χ1n) is 5.86. The maximum Gasteiger partial charge on any atom is 0.155 e. The Balaban J connectivity index is 1.79. The van der Waals surface area contributed by atoms with Gasteiger partial charge in [0.2, 0.25) is 0 Å². The Labute approximate surface area is 110 Å². The van der Waals surface area contributed by atoms with Crippen LogP contribution in [0.15, 0.2) is 48.7 Å². The lowest BCUT2D eigenvalue weighted by molar-refractivity contribution is 0.837. The summed E-state index contributed by atoms with van der Waals surface area (Å²) in [4.78, 5) is 4.47. The van der Waals surface area contributed by atoms with Crippen LogP contribution in [0, 0.1) is 0 Å². The first-order chi connectivity index (χ1) is 8.83. The molecule has 90 valence electrons. The van der Waals surface area contributed by atoms with E-state index in [2.05, 4.69) is 10.1 Å². The van der Waals surface area contributed by atoms with E-state index in [1.807, 2.05) is 48.7 Å². The van der Waals surface area contributed by atoms with Crippen LogP contribution in [-0.4, -0.2) is 14.6 Å². The Kier molecular flexibility index (Phi) is 2.99. The minimum absolute atomic E-state index is 0.797. The van der Waals surface area contributed by atoms with Crippen molar-refractivity contribution in [3.63, 3.8) is 0 Å². The van der Waals surface area contributed by atoms with E-state index in [0.29, 0.717) is 0 Å². The van der Waals surface area contributed by atoms with Crippen molar-refractivity contribution in [3.05, 3.63) is 65.1 Å². The van der Waals surface area contributed by atoms with Crippen LogP contribution < -0.4 is 0 Å². The second-order valence-corrected chi connectivity index (χ2v) is 4.53. The Morgan fingerprint density at radius 2 is 1.83 bits per heavy atom. The standard InChI is InChI=1S/C14H12ClN3/c15-12-6-2-1-5-11(12)8-9-13-16-14-7-3-4-10-18(14)17-13/h1-7,10H,8-9H2. The van der Waals surface area contributed by atoms with Gasteiger partial charge >= 0.3 is 0 Å². The molecule has 0 aliphatic heterocycles. The van der Waals surface area contributed by atoms with E-state index in [0.717, 1.165) is 34.9 Å². The molecular formula is C14H12ClN3. The number of halogens is 1. The second-order valence-electron chi connectivity index (χ2n) is 4.12. The predicted molar refractivity (Wildman–Crippen MR) is 71.8 cm³/mol. The van der Waals surface area contributed by atoms with E-state index in [4.69, 9.17) is 11.6 Å². The molecule has 0 radical (unpaired) electrons. The zero-order chi connectivity index (χ0) is 12.4. The molecule has 2 heterocycles. The number of fused-ring (bicyclic) bond motifs is 1. The van der Waals surface area contributed by atoms with E-state index in [9.17, 15) is 0 Å². The Bertz CT molecular complexity index is 642. The summed E-state index contributed by atoms with van der Waals surface area (Å²) in [5.41, 5.74) is 2.02. The smallest absolute Gasteiger partial charge is 0.155 e. The molecule has 0 spiro atoms. The molecule has 0 saturated heterocycles. The third-order valence-corrected chi connectivity index (χ3v) is 3.23. The topological polar surface area (TPSA) is 30.2 Å². The minimum Gasteiger partial charge on any atom is -0.221 e. The maximum atomic E-state index is 6.12. The third kappa shape index (κ3) is 2.22. The molecule has 4 heteroatoms. The molecule has 3 nitrogen and oxygen atoms in total. The zero-order valence-corrected chi connectivity index (χ0v) is 10.5. The summed E-state index contributed by atoms with van der Waals surface area (Å²) in [5, 5.41) is 5.23. The van der Waals surface area contributed by atoms with Gasteiger partial charge in [-0.15, -0.1) is 0 Å². The highest BCUT2D eigenvalue weighted by molar-refractivity contribution is 6.31. The third-order valence-electron chi connectivity index (χ3n) is 2.86. The molecule has 0 N–H and O–H groups in total. The number of hydrogen-bond acceptors (Lipinski definition) is 2. The summed E-state index contributed by atoms with van der Waals surface area (Å²) >= 11 is 6.12. The molecule has 0 aliphatic carbocycles. The number of aryl methyl sites for hydroxylation is 2. The Morgan fingerprint density at radius 1 is 1.00 bits per heavy atom. The molecule has 3 aromatic rings. The quantitative estimate of drug-likeness (QED) is 0.721. The predicted octanol–water partition coefficient (Wildman–Crippen LogP) is 3.17. The van der Waals surface area contributed by atoms with Crippen LogP contribution in [-0.2, 0) is 12.8 Å². The minimum atomic E-state index is 0.797. The maximum absolute atomic E-state index is 6.12. The summed E-state index contributed by atoms with van der Waals surface area (Å²) < 4.78 is 1.79.